The standard InChI is InChI=1S/C9H17N3O2/c1-5(2)6(10)7-11-12-8(14-7)9(3,4)13/h5-6,13H,10H2,1-4H3. The van der Waals surface area contributed by atoms with Crippen molar-refractivity contribution in [1.29, 1.82) is 0 Å². The van der Waals surface area contributed by atoms with Crippen LogP contribution in [0.4, 0.5) is 0 Å². The molecule has 0 amide bonds. The van der Waals surface area contributed by atoms with Gasteiger partial charge in [-0.3, -0.25) is 0 Å². The van der Waals surface area contributed by atoms with Gasteiger partial charge in [-0.05, 0) is 19.8 Å². The second-order valence-electron chi connectivity index (χ2n) is 4.27. The van der Waals surface area contributed by atoms with Crippen molar-refractivity contribution in [2.45, 2.75) is 39.3 Å². The molecule has 0 fully saturated rings. The van der Waals surface area contributed by atoms with Gasteiger partial charge < -0.3 is 15.3 Å². The topological polar surface area (TPSA) is 85.2 Å². The molecule has 0 radical (unpaired) electrons. The fraction of sp³-hybridized carbons (Fsp3) is 0.778. The molecule has 1 heterocycles. The lowest BCUT2D eigenvalue weighted by Crippen LogP contribution is -2.17. The van der Waals surface area contributed by atoms with E-state index < -0.39 is 5.60 Å². The molecule has 80 valence electrons. The van der Waals surface area contributed by atoms with Crippen molar-refractivity contribution < 1.29 is 9.52 Å². The van der Waals surface area contributed by atoms with Crippen molar-refractivity contribution in [3.05, 3.63) is 11.8 Å². The summed E-state index contributed by atoms with van der Waals surface area (Å²) in [6, 6.07) is -0.279. The average Bonchev–Trinajstić information content (AvgIpc) is 2.49. The van der Waals surface area contributed by atoms with Crippen LogP contribution in [-0.2, 0) is 5.60 Å². The van der Waals surface area contributed by atoms with Gasteiger partial charge in [0, 0.05) is 0 Å². The molecule has 1 rings (SSSR count). The van der Waals surface area contributed by atoms with Crippen LogP contribution in [0.3, 0.4) is 0 Å². The number of hydrogen-bond acceptors (Lipinski definition) is 5. The Labute approximate surface area is 83.3 Å². The van der Waals surface area contributed by atoms with E-state index in [0.29, 0.717) is 5.89 Å². The normalized spacial score (nSPS) is 14.8. The Bertz CT molecular complexity index is 301. The number of nitrogens with two attached hydrogens (primary N) is 1. The van der Waals surface area contributed by atoms with Gasteiger partial charge in [0.15, 0.2) is 0 Å². The SMILES string of the molecule is CC(C)C(N)c1nnc(C(C)(C)O)o1. The van der Waals surface area contributed by atoms with E-state index in [9.17, 15) is 5.11 Å². The van der Waals surface area contributed by atoms with Crippen LogP contribution in [0.5, 0.6) is 0 Å². The van der Waals surface area contributed by atoms with E-state index >= 15 is 0 Å². The molecule has 0 aromatic carbocycles. The maximum atomic E-state index is 9.59. The summed E-state index contributed by atoms with van der Waals surface area (Å²) in [6.45, 7) is 7.12. The number of nitrogens with zero attached hydrogens (tertiary/aromatic N) is 2. The van der Waals surface area contributed by atoms with Crippen LogP contribution in [0.15, 0.2) is 4.42 Å². The molecule has 0 saturated carbocycles. The number of aromatic nitrogens is 2. The highest BCUT2D eigenvalue weighted by Gasteiger charge is 2.26. The van der Waals surface area contributed by atoms with Gasteiger partial charge in [-0.25, -0.2) is 0 Å². The molecular formula is C9H17N3O2. The third kappa shape index (κ3) is 2.30. The highest BCUT2D eigenvalue weighted by Crippen LogP contribution is 2.22. The van der Waals surface area contributed by atoms with E-state index in [4.69, 9.17) is 10.2 Å². The molecule has 5 nitrogen and oxygen atoms in total. The van der Waals surface area contributed by atoms with Gasteiger partial charge in [0.2, 0.25) is 11.8 Å². The molecule has 0 aliphatic rings. The van der Waals surface area contributed by atoms with Crippen molar-refractivity contribution in [3.8, 4) is 0 Å². The monoisotopic (exact) mass is 199 g/mol. The van der Waals surface area contributed by atoms with Crippen LogP contribution >= 0.6 is 0 Å². The van der Waals surface area contributed by atoms with Gasteiger partial charge in [-0.2, -0.15) is 0 Å². The first-order chi connectivity index (χ1) is 6.32. The zero-order valence-corrected chi connectivity index (χ0v) is 8.98. The summed E-state index contributed by atoms with van der Waals surface area (Å²) in [5.41, 5.74) is 4.71. The minimum absolute atomic E-state index is 0.198. The van der Waals surface area contributed by atoms with Crippen molar-refractivity contribution >= 4 is 0 Å². The maximum Gasteiger partial charge on any atom is 0.247 e. The molecular weight excluding hydrogens is 182 g/mol. The lowest BCUT2D eigenvalue weighted by molar-refractivity contribution is 0.0463. The van der Waals surface area contributed by atoms with E-state index in [1.165, 1.54) is 0 Å². The second-order valence-corrected chi connectivity index (χ2v) is 4.27. The van der Waals surface area contributed by atoms with Gasteiger partial charge in [0.05, 0.1) is 6.04 Å². The van der Waals surface area contributed by atoms with Gasteiger partial charge >= 0.3 is 0 Å². The summed E-state index contributed by atoms with van der Waals surface area (Å²) >= 11 is 0. The third-order valence-corrected chi connectivity index (χ3v) is 1.97. The minimum atomic E-state index is -1.11. The van der Waals surface area contributed by atoms with Crippen molar-refractivity contribution in [2.75, 3.05) is 0 Å². The van der Waals surface area contributed by atoms with Crippen LogP contribution in [0.1, 0.15) is 45.5 Å². The number of rotatable bonds is 3. The lowest BCUT2D eigenvalue weighted by atomic mass is 10.1. The maximum absolute atomic E-state index is 9.59. The molecule has 0 aliphatic heterocycles. The Hall–Kier alpha value is -0.940. The third-order valence-electron chi connectivity index (χ3n) is 1.97. The fourth-order valence-electron chi connectivity index (χ4n) is 0.902. The molecule has 5 heteroatoms. The first-order valence-corrected chi connectivity index (χ1v) is 4.64. The molecule has 0 saturated heterocycles. The predicted octanol–water partition coefficient (Wildman–Crippen LogP) is 0.953. The summed E-state index contributed by atoms with van der Waals surface area (Å²) in [5.74, 6) is 0.797. The van der Waals surface area contributed by atoms with Crippen molar-refractivity contribution in [3.63, 3.8) is 0 Å². The molecule has 0 spiro atoms. The number of hydrogen-bond donors (Lipinski definition) is 2. The van der Waals surface area contributed by atoms with Gasteiger partial charge in [0.25, 0.3) is 0 Å². The quantitative estimate of drug-likeness (QED) is 0.757. The fourth-order valence-corrected chi connectivity index (χ4v) is 0.902. The van der Waals surface area contributed by atoms with Crippen LogP contribution in [0.25, 0.3) is 0 Å². The number of aliphatic hydroxyl groups is 1. The molecule has 14 heavy (non-hydrogen) atoms. The summed E-state index contributed by atoms with van der Waals surface area (Å²) in [6.07, 6.45) is 0. The largest absolute Gasteiger partial charge is 0.420 e. The molecule has 0 aliphatic carbocycles. The molecule has 1 atom stereocenters. The molecule has 1 aromatic heterocycles. The van der Waals surface area contributed by atoms with Crippen molar-refractivity contribution in [1.82, 2.24) is 10.2 Å². The van der Waals surface area contributed by atoms with Crippen molar-refractivity contribution in [2.24, 2.45) is 11.7 Å². The van der Waals surface area contributed by atoms with E-state index in [-0.39, 0.29) is 17.9 Å². The van der Waals surface area contributed by atoms with Crippen LogP contribution in [-0.4, -0.2) is 15.3 Å². The van der Waals surface area contributed by atoms with Gasteiger partial charge in [0.1, 0.15) is 5.60 Å². The van der Waals surface area contributed by atoms with E-state index in [1.807, 2.05) is 13.8 Å². The predicted molar refractivity (Wildman–Crippen MR) is 51.3 cm³/mol. The Morgan fingerprint density at radius 1 is 1.36 bits per heavy atom. The lowest BCUT2D eigenvalue weighted by Gasteiger charge is -2.12. The molecule has 1 unspecified atom stereocenters. The average molecular weight is 199 g/mol. The summed E-state index contributed by atoms with van der Waals surface area (Å²) in [4.78, 5) is 0. The minimum Gasteiger partial charge on any atom is -0.420 e. The van der Waals surface area contributed by atoms with E-state index in [1.54, 1.807) is 13.8 Å². The molecule has 3 N–H and O–H groups in total. The summed E-state index contributed by atoms with van der Waals surface area (Å²) in [5, 5.41) is 17.1. The Balaban J connectivity index is 2.89. The Morgan fingerprint density at radius 2 is 1.93 bits per heavy atom. The first-order valence-electron chi connectivity index (χ1n) is 4.64. The highest BCUT2D eigenvalue weighted by atomic mass is 16.4. The van der Waals surface area contributed by atoms with E-state index in [0.717, 1.165) is 0 Å². The Kier molecular flexibility index (Phi) is 2.92. The first kappa shape index (κ1) is 11.1. The Morgan fingerprint density at radius 3 is 2.29 bits per heavy atom. The highest BCUT2D eigenvalue weighted by molar-refractivity contribution is 4.95. The van der Waals surface area contributed by atoms with E-state index in [2.05, 4.69) is 10.2 Å². The van der Waals surface area contributed by atoms with Crippen LogP contribution in [0.2, 0.25) is 0 Å². The van der Waals surface area contributed by atoms with Crippen LogP contribution < -0.4 is 5.73 Å². The zero-order chi connectivity index (χ0) is 10.9. The smallest absolute Gasteiger partial charge is 0.247 e. The molecule has 1 aromatic rings. The summed E-state index contributed by atoms with van der Waals surface area (Å²) in [7, 11) is 0. The second kappa shape index (κ2) is 3.67. The van der Waals surface area contributed by atoms with Crippen LogP contribution in [0, 0.1) is 5.92 Å². The molecule has 0 bridgehead atoms. The van der Waals surface area contributed by atoms with Gasteiger partial charge in [-0.15, -0.1) is 10.2 Å². The van der Waals surface area contributed by atoms with Gasteiger partial charge in [-0.1, -0.05) is 13.8 Å². The zero-order valence-electron chi connectivity index (χ0n) is 8.98. The summed E-state index contributed by atoms with van der Waals surface area (Å²) < 4.78 is 5.27.